The number of nitrogens with one attached hydrogen (secondary N) is 1. The highest BCUT2D eigenvalue weighted by atomic mass is 35.5. The summed E-state index contributed by atoms with van der Waals surface area (Å²) in [6, 6.07) is 8.65. The number of ether oxygens (including phenoxy) is 1. The maximum absolute atomic E-state index is 13.6. The molecule has 3 fully saturated rings. The van der Waals surface area contributed by atoms with Crippen LogP contribution in [0.2, 0.25) is 0 Å². The van der Waals surface area contributed by atoms with Gasteiger partial charge in [-0.05, 0) is 55.5 Å². The second-order valence-electron chi connectivity index (χ2n) is 9.40. The Morgan fingerprint density at radius 1 is 1.09 bits per heavy atom. The lowest BCUT2D eigenvalue weighted by atomic mass is 9.81. The molecule has 188 valence electrons. The van der Waals surface area contributed by atoms with Gasteiger partial charge < -0.3 is 10.1 Å². The first-order chi connectivity index (χ1) is 16.5. The van der Waals surface area contributed by atoms with Gasteiger partial charge in [-0.1, -0.05) is 12.1 Å². The number of hydrogen-bond donors (Lipinski definition) is 1. The summed E-state index contributed by atoms with van der Waals surface area (Å²) in [5.74, 6) is -1.15. The Labute approximate surface area is 209 Å². The van der Waals surface area contributed by atoms with Crippen molar-refractivity contribution in [1.82, 2.24) is 20.1 Å². The zero-order valence-electron chi connectivity index (χ0n) is 19.2. The van der Waals surface area contributed by atoms with E-state index in [1.54, 1.807) is 0 Å². The van der Waals surface area contributed by atoms with Gasteiger partial charge >= 0.3 is 12.1 Å². The highest BCUT2D eigenvalue weighted by Crippen LogP contribution is 2.36. The van der Waals surface area contributed by atoms with Crippen molar-refractivity contribution in [2.24, 2.45) is 5.92 Å². The fraction of sp³-hybridized carbons (Fsp3) is 0.480. The molecule has 3 amide bonds. The van der Waals surface area contributed by atoms with Crippen molar-refractivity contribution in [2.45, 2.75) is 43.7 Å². The molecule has 0 spiro atoms. The molecule has 1 aromatic carbocycles. The van der Waals surface area contributed by atoms with Gasteiger partial charge in [-0.2, -0.15) is 0 Å². The fourth-order valence-electron chi connectivity index (χ4n) is 5.32. The van der Waals surface area contributed by atoms with E-state index in [1.165, 1.54) is 11.8 Å². The summed E-state index contributed by atoms with van der Waals surface area (Å²) in [5.41, 5.74) is 1.50. The van der Waals surface area contributed by atoms with E-state index in [1.807, 2.05) is 18.3 Å². The number of halogens is 3. The molecule has 1 atom stereocenters. The molecule has 0 unspecified atom stereocenters. The highest BCUT2D eigenvalue weighted by Gasteiger charge is 2.40. The van der Waals surface area contributed by atoms with Crippen molar-refractivity contribution in [2.75, 3.05) is 26.2 Å². The maximum atomic E-state index is 13.6. The Kier molecular flexibility index (Phi) is 7.86. The van der Waals surface area contributed by atoms with Gasteiger partial charge in [0.05, 0.1) is 0 Å². The standard InChI is InChI=1S/C25H28F2N4O3.ClH/c26-20-9-6-18(11-21(20)27)23-15-34-25(33)31(23)24(32)29-12-16-13-30(14-16)19-7-4-17(5-8-19)22-3-1-2-10-28-22;/h1-3,6,9-11,16-17,19,23H,4-5,7-8,12-15H2,(H,29,32);1H/t17?,19?,23-;/m1./s1. The van der Waals surface area contributed by atoms with Crippen LogP contribution in [-0.2, 0) is 4.74 Å². The van der Waals surface area contributed by atoms with Gasteiger partial charge in [0, 0.05) is 49.4 Å². The lowest BCUT2D eigenvalue weighted by Crippen LogP contribution is -2.56. The molecule has 5 rings (SSSR count). The van der Waals surface area contributed by atoms with Crippen molar-refractivity contribution in [3.63, 3.8) is 0 Å². The minimum absolute atomic E-state index is 0. The molecule has 1 aliphatic carbocycles. The number of urea groups is 1. The van der Waals surface area contributed by atoms with Gasteiger partial charge in [-0.25, -0.2) is 23.3 Å². The number of hydrogen-bond acceptors (Lipinski definition) is 5. The van der Waals surface area contributed by atoms with Gasteiger partial charge in [0.25, 0.3) is 0 Å². The third-order valence-electron chi connectivity index (χ3n) is 7.27. The van der Waals surface area contributed by atoms with E-state index in [4.69, 9.17) is 4.74 Å². The number of carbonyl (C=O) groups is 2. The third-order valence-corrected chi connectivity index (χ3v) is 7.27. The van der Waals surface area contributed by atoms with Crippen molar-refractivity contribution >= 4 is 24.5 Å². The largest absolute Gasteiger partial charge is 0.446 e. The summed E-state index contributed by atoms with van der Waals surface area (Å²) in [6.45, 7) is 2.19. The third kappa shape index (κ3) is 5.41. The van der Waals surface area contributed by atoms with E-state index in [2.05, 4.69) is 21.3 Å². The lowest BCUT2D eigenvalue weighted by Gasteiger charge is -2.46. The minimum Gasteiger partial charge on any atom is -0.446 e. The Hall–Kier alpha value is -2.78. The van der Waals surface area contributed by atoms with Gasteiger partial charge in [0.1, 0.15) is 12.6 Å². The molecule has 1 saturated carbocycles. The number of cyclic esters (lactones) is 1. The van der Waals surface area contributed by atoms with Crippen molar-refractivity contribution < 1.29 is 23.1 Å². The quantitative estimate of drug-likeness (QED) is 0.639. The minimum atomic E-state index is -1.03. The van der Waals surface area contributed by atoms with Crippen LogP contribution in [0.5, 0.6) is 0 Å². The van der Waals surface area contributed by atoms with E-state index in [0.717, 1.165) is 55.8 Å². The molecule has 2 aromatic rings. The first-order valence-electron chi connectivity index (χ1n) is 11.8. The summed E-state index contributed by atoms with van der Waals surface area (Å²) in [4.78, 5) is 32.8. The van der Waals surface area contributed by atoms with Gasteiger partial charge in [-0.15, -0.1) is 12.4 Å². The van der Waals surface area contributed by atoms with E-state index < -0.39 is 29.8 Å². The summed E-state index contributed by atoms with van der Waals surface area (Å²) in [6.07, 6.45) is 5.65. The molecule has 2 saturated heterocycles. The molecule has 0 radical (unpaired) electrons. The summed E-state index contributed by atoms with van der Waals surface area (Å²) in [7, 11) is 0. The average Bonchev–Trinajstić information content (AvgIpc) is 3.22. The van der Waals surface area contributed by atoms with E-state index >= 15 is 0 Å². The number of amides is 3. The number of nitrogens with zero attached hydrogens (tertiary/aromatic N) is 3. The van der Waals surface area contributed by atoms with E-state index in [9.17, 15) is 18.4 Å². The number of carbonyl (C=O) groups excluding carboxylic acids is 2. The zero-order chi connectivity index (χ0) is 23.7. The molecular formula is C25H29ClF2N4O3. The number of imide groups is 1. The van der Waals surface area contributed by atoms with Crippen LogP contribution in [0.15, 0.2) is 42.6 Å². The molecule has 3 heterocycles. The second kappa shape index (κ2) is 10.9. The van der Waals surface area contributed by atoms with Crippen LogP contribution in [0.1, 0.15) is 48.9 Å². The molecule has 7 nitrogen and oxygen atoms in total. The Balaban J connectivity index is 0.00000289. The molecule has 10 heteroatoms. The Morgan fingerprint density at radius 3 is 2.54 bits per heavy atom. The second-order valence-corrected chi connectivity index (χ2v) is 9.40. The van der Waals surface area contributed by atoms with Gasteiger partial charge in [0.15, 0.2) is 11.6 Å². The van der Waals surface area contributed by atoms with E-state index in [0.29, 0.717) is 30.0 Å². The van der Waals surface area contributed by atoms with E-state index in [-0.39, 0.29) is 19.0 Å². The molecule has 35 heavy (non-hydrogen) atoms. The van der Waals surface area contributed by atoms with Crippen molar-refractivity contribution in [1.29, 1.82) is 0 Å². The number of aromatic nitrogens is 1. The predicted octanol–water partition coefficient (Wildman–Crippen LogP) is 4.64. The Bertz CT molecular complexity index is 1050. The van der Waals surface area contributed by atoms with Crippen LogP contribution in [0.3, 0.4) is 0 Å². The monoisotopic (exact) mass is 506 g/mol. The highest BCUT2D eigenvalue weighted by molar-refractivity contribution is 5.92. The van der Waals surface area contributed by atoms with Crippen LogP contribution in [0, 0.1) is 17.6 Å². The number of pyridine rings is 1. The number of benzene rings is 1. The first-order valence-corrected chi connectivity index (χ1v) is 11.8. The van der Waals surface area contributed by atoms with Crippen LogP contribution >= 0.6 is 12.4 Å². The number of rotatable bonds is 5. The molecule has 0 bridgehead atoms. The van der Waals surface area contributed by atoms with Crippen LogP contribution in [0.4, 0.5) is 18.4 Å². The molecule has 1 aromatic heterocycles. The fourth-order valence-corrected chi connectivity index (χ4v) is 5.32. The zero-order valence-corrected chi connectivity index (χ0v) is 20.1. The van der Waals surface area contributed by atoms with Gasteiger partial charge in [0.2, 0.25) is 0 Å². The first kappa shape index (κ1) is 25.3. The van der Waals surface area contributed by atoms with Crippen LogP contribution < -0.4 is 5.32 Å². The summed E-state index contributed by atoms with van der Waals surface area (Å²) < 4.78 is 31.9. The average molecular weight is 507 g/mol. The SMILES string of the molecule is Cl.O=C(NCC1CN(C2CCC(c3ccccn3)CC2)C1)N1C(=O)OC[C@@H]1c1ccc(F)c(F)c1. The van der Waals surface area contributed by atoms with Crippen LogP contribution in [-0.4, -0.2) is 59.2 Å². The van der Waals surface area contributed by atoms with Crippen molar-refractivity contribution in [3.8, 4) is 0 Å². The molecule has 3 aliphatic rings. The predicted molar refractivity (Wildman–Crippen MR) is 127 cm³/mol. The summed E-state index contributed by atoms with van der Waals surface area (Å²) in [5, 5.41) is 2.82. The van der Waals surface area contributed by atoms with Crippen LogP contribution in [0.25, 0.3) is 0 Å². The van der Waals surface area contributed by atoms with Crippen molar-refractivity contribution in [3.05, 3.63) is 65.5 Å². The Morgan fingerprint density at radius 2 is 1.86 bits per heavy atom. The van der Waals surface area contributed by atoms with Gasteiger partial charge in [-0.3, -0.25) is 9.88 Å². The smallest absolute Gasteiger partial charge is 0.418 e. The molecular weight excluding hydrogens is 478 g/mol. The summed E-state index contributed by atoms with van der Waals surface area (Å²) >= 11 is 0. The molecule has 1 N–H and O–H groups in total. The molecule has 2 aliphatic heterocycles. The normalized spacial score (nSPS) is 24.9. The topological polar surface area (TPSA) is 74.8 Å². The maximum Gasteiger partial charge on any atom is 0.418 e. The lowest BCUT2D eigenvalue weighted by molar-refractivity contribution is 0.0333. The number of likely N-dealkylation sites (tertiary alicyclic amines) is 1.